The van der Waals surface area contributed by atoms with Gasteiger partial charge in [-0.15, -0.1) is 5.10 Å². The molecule has 0 radical (unpaired) electrons. The normalized spacial score (nSPS) is 19.8. The summed E-state index contributed by atoms with van der Waals surface area (Å²) >= 11 is 0. The molecule has 2 atom stereocenters. The van der Waals surface area contributed by atoms with E-state index in [1.54, 1.807) is 0 Å². The molecule has 2 aromatic heterocycles. The molecule has 1 aliphatic heterocycles. The Bertz CT molecular complexity index is 947. The second kappa shape index (κ2) is 7.59. The zero-order chi connectivity index (χ0) is 19.7. The van der Waals surface area contributed by atoms with Crippen LogP contribution >= 0.6 is 0 Å². The predicted octanol–water partition coefficient (Wildman–Crippen LogP) is 4.19. The van der Waals surface area contributed by atoms with Gasteiger partial charge in [-0.05, 0) is 79.8 Å². The van der Waals surface area contributed by atoms with E-state index in [4.69, 9.17) is 0 Å². The van der Waals surface area contributed by atoms with Gasteiger partial charge < -0.3 is 0 Å². The summed E-state index contributed by atoms with van der Waals surface area (Å²) in [6.07, 6.45) is 5.31. The Morgan fingerprint density at radius 1 is 1.25 bits per heavy atom. The van der Waals surface area contributed by atoms with Crippen LogP contribution in [0.4, 0.5) is 0 Å². The van der Waals surface area contributed by atoms with Gasteiger partial charge in [0.15, 0.2) is 5.82 Å². The van der Waals surface area contributed by atoms with Crippen molar-refractivity contribution in [2.24, 2.45) is 5.92 Å². The molecule has 0 unspecified atom stereocenters. The van der Waals surface area contributed by atoms with Gasteiger partial charge >= 0.3 is 0 Å². The van der Waals surface area contributed by atoms with Gasteiger partial charge in [0, 0.05) is 18.1 Å². The van der Waals surface area contributed by atoms with Gasteiger partial charge in [-0.2, -0.15) is 0 Å². The molecule has 0 bridgehead atoms. The van der Waals surface area contributed by atoms with Crippen molar-refractivity contribution in [2.75, 3.05) is 13.1 Å². The Labute approximate surface area is 167 Å². The highest BCUT2D eigenvalue weighted by molar-refractivity contribution is 5.79. The summed E-state index contributed by atoms with van der Waals surface area (Å²) in [6.45, 7) is 11.1. The Morgan fingerprint density at radius 2 is 2.11 bits per heavy atom. The predicted molar refractivity (Wildman–Crippen MR) is 111 cm³/mol. The van der Waals surface area contributed by atoms with Gasteiger partial charge in [0.1, 0.15) is 0 Å². The largest absolute Gasteiger partial charge is 0.289 e. The standard InChI is InChI=1S/C22H30N6/c1-5-22(3,4)28-21(24-25-26-28)20(27-13-7-8-16(2)15-27)18-10-11-19-17(14-18)9-6-12-23-19/h6,9-12,14,16,20H,5,7-8,13,15H2,1-4H3/t16-,20-/m1/s1. The molecule has 0 spiro atoms. The Balaban J connectivity index is 1.84. The van der Waals surface area contributed by atoms with Gasteiger partial charge in [-0.25, -0.2) is 4.68 Å². The number of benzene rings is 1. The minimum absolute atomic E-state index is 0.0492. The summed E-state index contributed by atoms with van der Waals surface area (Å²) in [5.74, 6) is 1.62. The van der Waals surface area contributed by atoms with Crippen molar-refractivity contribution in [3.8, 4) is 0 Å². The Kier molecular flexibility index (Phi) is 5.15. The quantitative estimate of drug-likeness (QED) is 0.666. The lowest BCUT2D eigenvalue weighted by Gasteiger charge is -2.38. The fourth-order valence-corrected chi connectivity index (χ4v) is 4.19. The van der Waals surface area contributed by atoms with Crippen LogP contribution in [0.3, 0.4) is 0 Å². The molecule has 3 aromatic rings. The van der Waals surface area contributed by atoms with Crippen molar-refractivity contribution in [2.45, 2.75) is 58.5 Å². The van der Waals surface area contributed by atoms with Crippen LogP contribution in [0.5, 0.6) is 0 Å². The SMILES string of the molecule is CCC(C)(C)n1nnnc1[C@@H](c1ccc2ncccc2c1)N1CCC[C@@H](C)C1. The molecule has 1 aliphatic rings. The number of aromatic nitrogens is 5. The van der Waals surface area contributed by atoms with Crippen LogP contribution in [-0.4, -0.2) is 43.2 Å². The molecule has 0 saturated carbocycles. The second-order valence-corrected chi connectivity index (χ2v) is 8.72. The summed E-state index contributed by atoms with van der Waals surface area (Å²) in [5, 5.41) is 14.2. The fraction of sp³-hybridized carbons (Fsp3) is 0.545. The number of hydrogen-bond acceptors (Lipinski definition) is 5. The van der Waals surface area contributed by atoms with E-state index in [9.17, 15) is 0 Å². The van der Waals surface area contributed by atoms with Crippen molar-refractivity contribution >= 4 is 10.9 Å². The van der Waals surface area contributed by atoms with Gasteiger partial charge in [0.2, 0.25) is 0 Å². The van der Waals surface area contributed by atoms with Gasteiger partial charge in [-0.3, -0.25) is 9.88 Å². The molecule has 6 heteroatoms. The van der Waals surface area contributed by atoms with E-state index >= 15 is 0 Å². The van der Waals surface area contributed by atoms with Crippen LogP contribution in [0.25, 0.3) is 10.9 Å². The number of piperidine rings is 1. The average Bonchev–Trinajstić information content (AvgIpc) is 3.18. The number of likely N-dealkylation sites (tertiary alicyclic amines) is 1. The van der Waals surface area contributed by atoms with Crippen LogP contribution in [0.15, 0.2) is 36.5 Å². The maximum absolute atomic E-state index is 4.53. The van der Waals surface area contributed by atoms with E-state index in [-0.39, 0.29) is 11.6 Å². The second-order valence-electron chi connectivity index (χ2n) is 8.72. The third-order valence-corrected chi connectivity index (χ3v) is 6.17. The highest BCUT2D eigenvalue weighted by Gasteiger charge is 2.34. The topological polar surface area (TPSA) is 59.7 Å². The highest BCUT2D eigenvalue weighted by atomic mass is 15.6. The highest BCUT2D eigenvalue weighted by Crippen LogP contribution is 2.34. The number of fused-ring (bicyclic) bond motifs is 1. The zero-order valence-electron chi connectivity index (χ0n) is 17.3. The lowest BCUT2D eigenvalue weighted by molar-refractivity contribution is 0.136. The summed E-state index contributed by atoms with van der Waals surface area (Å²) in [4.78, 5) is 7.04. The minimum Gasteiger partial charge on any atom is -0.289 e. The molecule has 28 heavy (non-hydrogen) atoms. The molecule has 6 nitrogen and oxygen atoms in total. The molecular formula is C22H30N6. The minimum atomic E-state index is -0.128. The lowest BCUT2D eigenvalue weighted by Crippen LogP contribution is -2.40. The smallest absolute Gasteiger partial charge is 0.173 e. The van der Waals surface area contributed by atoms with Gasteiger partial charge in [-0.1, -0.05) is 26.0 Å². The first kappa shape index (κ1) is 19.0. The van der Waals surface area contributed by atoms with Crippen LogP contribution in [-0.2, 0) is 5.54 Å². The summed E-state index contributed by atoms with van der Waals surface area (Å²) in [5.41, 5.74) is 2.12. The van der Waals surface area contributed by atoms with Crippen LogP contribution in [0.2, 0.25) is 0 Å². The summed E-state index contributed by atoms with van der Waals surface area (Å²) in [7, 11) is 0. The van der Waals surface area contributed by atoms with Crippen molar-refractivity contribution in [3.05, 3.63) is 47.9 Å². The molecule has 1 saturated heterocycles. The van der Waals surface area contributed by atoms with Gasteiger partial charge in [0.05, 0.1) is 17.1 Å². The molecule has 1 aromatic carbocycles. The van der Waals surface area contributed by atoms with Crippen LogP contribution in [0.1, 0.15) is 64.4 Å². The molecular weight excluding hydrogens is 348 g/mol. The van der Waals surface area contributed by atoms with E-state index in [0.717, 1.165) is 36.2 Å². The summed E-state index contributed by atoms with van der Waals surface area (Å²) < 4.78 is 2.03. The van der Waals surface area contributed by atoms with Crippen LogP contribution < -0.4 is 0 Å². The summed E-state index contributed by atoms with van der Waals surface area (Å²) in [6, 6.07) is 10.7. The van der Waals surface area contributed by atoms with Crippen molar-refractivity contribution in [1.29, 1.82) is 0 Å². The van der Waals surface area contributed by atoms with E-state index in [1.165, 1.54) is 18.4 Å². The zero-order valence-corrected chi connectivity index (χ0v) is 17.3. The third kappa shape index (κ3) is 3.53. The first-order valence-electron chi connectivity index (χ1n) is 10.4. The van der Waals surface area contributed by atoms with Crippen LogP contribution in [0, 0.1) is 5.92 Å². The first-order valence-corrected chi connectivity index (χ1v) is 10.4. The van der Waals surface area contributed by atoms with Crippen molar-refractivity contribution < 1.29 is 0 Å². The Hall–Kier alpha value is -2.34. The first-order chi connectivity index (χ1) is 13.5. The number of nitrogens with zero attached hydrogens (tertiary/aromatic N) is 6. The van der Waals surface area contributed by atoms with Gasteiger partial charge in [0.25, 0.3) is 0 Å². The fourth-order valence-electron chi connectivity index (χ4n) is 4.19. The molecule has 0 N–H and O–H groups in total. The number of rotatable bonds is 5. The van der Waals surface area contributed by atoms with E-state index in [2.05, 4.69) is 77.4 Å². The maximum Gasteiger partial charge on any atom is 0.173 e. The van der Waals surface area contributed by atoms with E-state index < -0.39 is 0 Å². The average molecular weight is 379 g/mol. The molecule has 1 fully saturated rings. The number of tetrazole rings is 1. The van der Waals surface area contributed by atoms with E-state index in [0.29, 0.717) is 5.92 Å². The molecule has 3 heterocycles. The van der Waals surface area contributed by atoms with Crippen molar-refractivity contribution in [1.82, 2.24) is 30.1 Å². The monoisotopic (exact) mass is 378 g/mol. The maximum atomic E-state index is 4.53. The third-order valence-electron chi connectivity index (χ3n) is 6.17. The van der Waals surface area contributed by atoms with E-state index in [1.807, 2.05) is 16.9 Å². The Morgan fingerprint density at radius 3 is 2.89 bits per heavy atom. The molecule has 148 valence electrons. The molecule has 0 aliphatic carbocycles. The molecule has 4 rings (SSSR count). The molecule has 0 amide bonds. The number of hydrogen-bond donors (Lipinski definition) is 0. The number of pyridine rings is 1. The lowest BCUT2D eigenvalue weighted by atomic mass is 9.94. The van der Waals surface area contributed by atoms with Crippen molar-refractivity contribution in [3.63, 3.8) is 0 Å².